The minimum absolute atomic E-state index is 0.256. The number of nitrogens with one attached hydrogen (secondary N) is 2. The highest BCUT2D eigenvalue weighted by Crippen LogP contribution is 2.23. The minimum Gasteiger partial charge on any atom is -0.317 e. The van der Waals surface area contributed by atoms with Gasteiger partial charge in [0.25, 0.3) is 5.91 Å². The second-order valence-corrected chi connectivity index (χ2v) is 5.41. The number of nitrogens with zero attached hydrogens (tertiary/aromatic N) is 3. The van der Waals surface area contributed by atoms with Gasteiger partial charge in [-0.1, -0.05) is 6.07 Å². The molecule has 7 heteroatoms. The van der Waals surface area contributed by atoms with Gasteiger partial charge in [-0.25, -0.2) is 9.07 Å². The lowest BCUT2D eigenvalue weighted by atomic mass is 9.98. The Labute approximate surface area is 127 Å². The van der Waals surface area contributed by atoms with Gasteiger partial charge in [0.2, 0.25) is 5.95 Å². The van der Waals surface area contributed by atoms with Crippen LogP contribution in [-0.4, -0.2) is 33.8 Å². The Balaban J connectivity index is 1.75. The first kappa shape index (κ1) is 14.6. The average molecular weight is 303 g/mol. The van der Waals surface area contributed by atoms with Gasteiger partial charge in [0.1, 0.15) is 5.82 Å². The summed E-state index contributed by atoms with van der Waals surface area (Å²) < 4.78 is 14.7. The average Bonchev–Trinajstić information content (AvgIpc) is 2.89. The van der Waals surface area contributed by atoms with Crippen LogP contribution in [0.25, 0.3) is 0 Å². The Hall–Kier alpha value is -2.28. The molecule has 1 amide bonds. The van der Waals surface area contributed by atoms with E-state index in [1.165, 1.54) is 18.2 Å². The van der Waals surface area contributed by atoms with Crippen molar-refractivity contribution in [1.82, 2.24) is 20.1 Å². The molecule has 3 rings (SSSR count). The lowest BCUT2D eigenvalue weighted by Gasteiger charge is -2.19. The molecule has 2 heterocycles. The number of amides is 1. The van der Waals surface area contributed by atoms with Gasteiger partial charge < -0.3 is 5.32 Å². The van der Waals surface area contributed by atoms with E-state index in [2.05, 4.69) is 20.7 Å². The Morgan fingerprint density at radius 3 is 2.91 bits per heavy atom. The van der Waals surface area contributed by atoms with Gasteiger partial charge in [-0.3, -0.25) is 10.1 Å². The van der Waals surface area contributed by atoms with Crippen molar-refractivity contribution in [3.05, 3.63) is 41.5 Å². The van der Waals surface area contributed by atoms with Gasteiger partial charge in [0.05, 0.1) is 0 Å². The van der Waals surface area contributed by atoms with E-state index >= 15 is 0 Å². The Kier molecular flexibility index (Phi) is 4.15. The molecule has 116 valence electrons. The monoisotopic (exact) mass is 303 g/mol. The highest BCUT2D eigenvalue weighted by Gasteiger charge is 2.21. The molecule has 1 aromatic carbocycles. The molecule has 0 spiro atoms. The topological polar surface area (TPSA) is 71.8 Å². The molecule has 6 nitrogen and oxygen atoms in total. The van der Waals surface area contributed by atoms with Crippen LogP contribution >= 0.6 is 0 Å². The molecule has 0 bridgehead atoms. The maximum absolute atomic E-state index is 13.2. The highest BCUT2D eigenvalue weighted by atomic mass is 19.1. The molecule has 1 saturated heterocycles. The van der Waals surface area contributed by atoms with E-state index < -0.39 is 11.7 Å². The zero-order chi connectivity index (χ0) is 15.5. The van der Waals surface area contributed by atoms with Crippen LogP contribution in [0.5, 0.6) is 0 Å². The van der Waals surface area contributed by atoms with E-state index in [4.69, 9.17) is 0 Å². The maximum atomic E-state index is 13.2. The number of anilines is 1. The number of piperidine rings is 1. The zero-order valence-corrected chi connectivity index (χ0v) is 12.3. The number of hydrogen-bond donors (Lipinski definition) is 2. The predicted octanol–water partition coefficient (Wildman–Crippen LogP) is 1.67. The van der Waals surface area contributed by atoms with Gasteiger partial charge in [0.15, 0.2) is 5.82 Å². The molecule has 2 N–H and O–H groups in total. The first-order valence-corrected chi connectivity index (χ1v) is 7.32. The Bertz CT molecular complexity index is 678. The largest absolute Gasteiger partial charge is 0.317 e. The molecule has 0 unspecified atom stereocenters. The molecule has 2 aromatic rings. The van der Waals surface area contributed by atoms with E-state index in [-0.39, 0.29) is 5.56 Å². The van der Waals surface area contributed by atoms with Gasteiger partial charge >= 0.3 is 0 Å². The molecule has 0 radical (unpaired) electrons. The number of hydrogen-bond acceptors (Lipinski definition) is 4. The summed E-state index contributed by atoms with van der Waals surface area (Å²) in [4.78, 5) is 16.6. The first-order valence-electron chi connectivity index (χ1n) is 7.32. The van der Waals surface area contributed by atoms with Crippen molar-refractivity contribution >= 4 is 11.9 Å². The number of benzene rings is 1. The zero-order valence-electron chi connectivity index (χ0n) is 12.3. The molecular weight excluding hydrogens is 285 g/mol. The Morgan fingerprint density at radius 1 is 1.41 bits per heavy atom. The quantitative estimate of drug-likeness (QED) is 0.905. The van der Waals surface area contributed by atoms with Crippen LogP contribution in [0.3, 0.4) is 0 Å². The van der Waals surface area contributed by atoms with Crippen molar-refractivity contribution in [3.8, 4) is 0 Å². The molecule has 0 saturated carbocycles. The maximum Gasteiger partial charge on any atom is 0.258 e. The van der Waals surface area contributed by atoms with Gasteiger partial charge in [-0.05, 0) is 44.1 Å². The van der Waals surface area contributed by atoms with Gasteiger partial charge in [0, 0.05) is 18.5 Å². The normalized spacial score (nSPS) is 15.7. The summed E-state index contributed by atoms with van der Waals surface area (Å²) in [5, 5.41) is 10.4. The fourth-order valence-electron chi connectivity index (χ4n) is 2.57. The summed E-state index contributed by atoms with van der Waals surface area (Å²) in [7, 11) is 1.73. The van der Waals surface area contributed by atoms with E-state index in [0.29, 0.717) is 11.9 Å². The minimum atomic E-state index is -0.444. The van der Waals surface area contributed by atoms with Crippen LogP contribution in [0.15, 0.2) is 24.3 Å². The summed E-state index contributed by atoms with van der Waals surface area (Å²) in [5.74, 6) is 0.599. The summed E-state index contributed by atoms with van der Waals surface area (Å²) in [5.41, 5.74) is 0.256. The lowest BCUT2D eigenvalue weighted by molar-refractivity contribution is 0.102. The fraction of sp³-hybridized carbons (Fsp3) is 0.400. The second kappa shape index (κ2) is 6.23. The first-order chi connectivity index (χ1) is 10.6. The third-order valence-electron chi connectivity index (χ3n) is 3.80. The number of aryl methyl sites for hydroxylation is 1. The fourth-order valence-corrected chi connectivity index (χ4v) is 2.57. The summed E-state index contributed by atoms with van der Waals surface area (Å²) in [6, 6.07) is 5.55. The van der Waals surface area contributed by atoms with Crippen molar-refractivity contribution in [2.45, 2.75) is 18.8 Å². The van der Waals surface area contributed by atoms with Crippen LogP contribution in [0.2, 0.25) is 0 Å². The van der Waals surface area contributed by atoms with Gasteiger partial charge in [-0.2, -0.15) is 10.1 Å². The van der Waals surface area contributed by atoms with E-state index in [9.17, 15) is 9.18 Å². The Morgan fingerprint density at radius 2 is 2.18 bits per heavy atom. The summed E-state index contributed by atoms with van der Waals surface area (Å²) in [6.45, 7) is 1.90. The van der Waals surface area contributed by atoms with Crippen LogP contribution < -0.4 is 10.6 Å². The molecule has 1 fully saturated rings. The second-order valence-electron chi connectivity index (χ2n) is 5.41. The third kappa shape index (κ3) is 3.14. The predicted molar refractivity (Wildman–Crippen MR) is 80.2 cm³/mol. The highest BCUT2D eigenvalue weighted by molar-refractivity contribution is 6.03. The van der Waals surface area contributed by atoms with Crippen LogP contribution in [0, 0.1) is 5.82 Å². The molecular formula is C15H18FN5O. The van der Waals surface area contributed by atoms with Crippen molar-refractivity contribution in [1.29, 1.82) is 0 Å². The number of rotatable bonds is 3. The molecule has 0 atom stereocenters. The third-order valence-corrected chi connectivity index (χ3v) is 3.80. The standard InChI is InChI=1S/C15H18FN5O/c1-21-15(18-13(20-21)10-5-7-17-8-6-10)19-14(22)11-3-2-4-12(16)9-11/h2-4,9-10,17H,5-8H2,1H3,(H,18,19,20,22). The van der Waals surface area contributed by atoms with Crippen molar-refractivity contribution in [3.63, 3.8) is 0 Å². The number of carbonyl (C=O) groups is 1. The molecule has 22 heavy (non-hydrogen) atoms. The van der Waals surface area contributed by atoms with Crippen molar-refractivity contribution < 1.29 is 9.18 Å². The SMILES string of the molecule is Cn1nc(C2CCNCC2)nc1NC(=O)c1cccc(F)c1. The molecule has 0 aliphatic carbocycles. The summed E-state index contributed by atoms with van der Waals surface area (Å²) in [6.07, 6.45) is 1.97. The van der Waals surface area contributed by atoms with Crippen LogP contribution in [-0.2, 0) is 7.05 Å². The van der Waals surface area contributed by atoms with Gasteiger partial charge in [-0.15, -0.1) is 0 Å². The summed E-state index contributed by atoms with van der Waals surface area (Å²) >= 11 is 0. The lowest BCUT2D eigenvalue weighted by Crippen LogP contribution is -2.27. The number of aromatic nitrogens is 3. The van der Waals surface area contributed by atoms with E-state index in [0.717, 1.165) is 31.8 Å². The van der Waals surface area contributed by atoms with Crippen LogP contribution in [0.1, 0.15) is 34.9 Å². The molecule has 1 aromatic heterocycles. The van der Waals surface area contributed by atoms with E-state index in [1.54, 1.807) is 17.8 Å². The van der Waals surface area contributed by atoms with Crippen molar-refractivity contribution in [2.75, 3.05) is 18.4 Å². The smallest absolute Gasteiger partial charge is 0.258 e. The van der Waals surface area contributed by atoms with E-state index in [1.807, 2.05) is 0 Å². The number of carbonyl (C=O) groups excluding carboxylic acids is 1. The van der Waals surface area contributed by atoms with Crippen LogP contribution in [0.4, 0.5) is 10.3 Å². The molecule has 1 aliphatic heterocycles. The number of halogens is 1. The molecule has 1 aliphatic rings. The van der Waals surface area contributed by atoms with Crippen molar-refractivity contribution in [2.24, 2.45) is 7.05 Å².